The van der Waals surface area contributed by atoms with E-state index in [2.05, 4.69) is 40.4 Å². The Morgan fingerprint density at radius 3 is 3.00 bits per heavy atom. The lowest BCUT2D eigenvalue weighted by Crippen LogP contribution is -2.51. The number of piperidine rings is 1. The van der Waals surface area contributed by atoms with Gasteiger partial charge in [0.15, 0.2) is 5.96 Å². The number of halogens is 1. The Kier molecular flexibility index (Phi) is 6.63. The van der Waals surface area contributed by atoms with Crippen molar-refractivity contribution in [1.82, 2.24) is 15.6 Å². The zero-order valence-electron chi connectivity index (χ0n) is 16.1. The Morgan fingerprint density at radius 1 is 1.33 bits per heavy atom. The number of hydrogen-bond acceptors (Lipinski definition) is 3. The van der Waals surface area contributed by atoms with Gasteiger partial charge in [0.1, 0.15) is 5.82 Å². The van der Waals surface area contributed by atoms with Gasteiger partial charge in [-0.3, -0.25) is 4.98 Å². The number of aryl methyl sites for hydroxylation is 1. The van der Waals surface area contributed by atoms with Crippen LogP contribution in [0, 0.1) is 12.7 Å². The van der Waals surface area contributed by atoms with Crippen molar-refractivity contribution in [2.75, 3.05) is 24.5 Å². The lowest BCUT2D eigenvalue weighted by molar-refractivity contribution is 0.467. The maximum Gasteiger partial charge on any atom is 0.191 e. The monoisotopic (exact) mass is 369 g/mol. The molecule has 3 rings (SSSR count). The Bertz CT molecular complexity index is 777. The quantitative estimate of drug-likeness (QED) is 0.627. The molecule has 1 unspecified atom stereocenters. The average molecular weight is 369 g/mol. The maximum atomic E-state index is 13.5. The lowest BCUT2D eigenvalue weighted by Gasteiger charge is -2.35. The van der Waals surface area contributed by atoms with Crippen LogP contribution in [0.1, 0.15) is 31.0 Å². The van der Waals surface area contributed by atoms with E-state index in [0.29, 0.717) is 6.54 Å². The minimum absolute atomic E-state index is 0.191. The van der Waals surface area contributed by atoms with Crippen LogP contribution in [0.3, 0.4) is 0 Å². The minimum atomic E-state index is -0.191. The van der Waals surface area contributed by atoms with Crippen molar-refractivity contribution in [1.29, 1.82) is 0 Å². The van der Waals surface area contributed by atoms with Gasteiger partial charge in [-0.2, -0.15) is 0 Å². The summed E-state index contributed by atoms with van der Waals surface area (Å²) in [6.07, 6.45) is 3.93. The smallest absolute Gasteiger partial charge is 0.191 e. The highest BCUT2D eigenvalue weighted by atomic mass is 19.1. The summed E-state index contributed by atoms with van der Waals surface area (Å²) in [5.41, 5.74) is 3.07. The topological polar surface area (TPSA) is 52.6 Å². The Morgan fingerprint density at radius 2 is 2.22 bits per heavy atom. The van der Waals surface area contributed by atoms with E-state index in [1.807, 2.05) is 12.1 Å². The maximum absolute atomic E-state index is 13.5. The number of anilines is 1. The predicted octanol–water partition coefficient (Wildman–Crippen LogP) is 3.25. The second kappa shape index (κ2) is 9.35. The summed E-state index contributed by atoms with van der Waals surface area (Å²) in [5, 5.41) is 6.85. The van der Waals surface area contributed by atoms with Gasteiger partial charge in [0.05, 0.1) is 12.2 Å². The zero-order chi connectivity index (χ0) is 19.1. The largest absolute Gasteiger partial charge is 0.369 e. The Balaban J connectivity index is 1.65. The van der Waals surface area contributed by atoms with Crippen molar-refractivity contribution >= 4 is 11.6 Å². The van der Waals surface area contributed by atoms with Crippen molar-refractivity contribution in [3.05, 3.63) is 59.7 Å². The molecule has 2 N–H and O–H groups in total. The molecule has 27 heavy (non-hydrogen) atoms. The molecule has 1 aromatic carbocycles. The van der Waals surface area contributed by atoms with Crippen molar-refractivity contribution in [2.45, 2.75) is 39.3 Å². The van der Waals surface area contributed by atoms with Crippen LogP contribution < -0.4 is 15.5 Å². The number of rotatable bonds is 5. The van der Waals surface area contributed by atoms with Gasteiger partial charge in [-0.05, 0) is 56.5 Å². The molecular formula is C21H28FN5. The molecule has 0 spiro atoms. The fraction of sp³-hybridized carbons (Fsp3) is 0.429. The molecule has 2 heterocycles. The molecule has 1 atom stereocenters. The van der Waals surface area contributed by atoms with E-state index in [1.54, 1.807) is 18.3 Å². The fourth-order valence-electron chi connectivity index (χ4n) is 3.35. The normalized spacial score (nSPS) is 17.7. The highest BCUT2D eigenvalue weighted by molar-refractivity contribution is 5.80. The highest BCUT2D eigenvalue weighted by Crippen LogP contribution is 2.20. The summed E-state index contributed by atoms with van der Waals surface area (Å²) in [5.74, 6) is 0.608. The van der Waals surface area contributed by atoms with E-state index in [9.17, 15) is 4.39 Å². The molecule has 6 heteroatoms. The van der Waals surface area contributed by atoms with Gasteiger partial charge in [0.25, 0.3) is 0 Å². The number of benzene rings is 1. The van der Waals surface area contributed by atoms with Crippen LogP contribution >= 0.6 is 0 Å². The van der Waals surface area contributed by atoms with Crippen LogP contribution in [0.15, 0.2) is 47.6 Å². The summed E-state index contributed by atoms with van der Waals surface area (Å²) in [7, 11) is 0. The van der Waals surface area contributed by atoms with Crippen LogP contribution in [-0.2, 0) is 6.54 Å². The molecule has 2 aromatic rings. The first kappa shape index (κ1) is 19.1. The van der Waals surface area contributed by atoms with Crippen molar-refractivity contribution < 1.29 is 4.39 Å². The van der Waals surface area contributed by atoms with Gasteiger partial charge >= 0.3 is 0 Å². The van der Waals surface area contributed by atoms with Crippen LogP contribution in [0.2, 0.25) is 0 Å². The van der Waals surface area contributed by atoms with Crippen LogP contribution in [-0.4, -0.2) is 36.6 Å². The molecule has 0 bridgehead atoms. The fourth-order valence-corrected chi connectivity index (χ4v) is 3.35. The third-order valence-electron chi connectivity index (χ3n) is 4.78. The molecule has 1 aromatic heterocycles. The summed E-state index contributed by atoms with van der Waals surface area (Å²) in [4.78, 5) is 11.3. The van der Waals surface area contributed by atoms with Crippen LogP contribution in [0.25, 0.3) is 0 Å². The van der Waals surface area contributed by atoms with E-state index >= 15 is 0 Å². The molecule has 1 fully saturated rings. The molecule has 5 nitrogen and oxygen atoms in total. The number of aromatic nitrogens is 1. The minimum Gasteiger partial charge on any atom is -0.369 e. The second-order valence-electron chi connectivity index (χ2n) is 6.87. The van der Waals surface area contributed by atoms with E-state index in [4.69, 9.17) is 4.99 Å². The predicted molar refractivity (Wildman–Crippen MR) is 109 cm³/mol. The number of hydrogen-bond donors (Lipinski definition) is 2. The third-order valence-corrected chi connectivity index (χ3v) is 4.78. The Labute approximate surface area is 160 Å². The lowest BCUT2D eigenvalue weighted by atomic mass is 10.0. The van der Waals surface area contributed by atoms with Crippen molar-refractivity contribution in [2.24, 2.45) is 4.99 Å². The van der Waals surface area contributed by atoms with E-state index < -0.39 is 0 Å². The number of nitrogens with one attached hydrogen (secondary N) is 2. The first-order valence-corrected chi connectivity index (χ1v) is 9.61. The summed E-state index contributed by atoms with van der Waals surface area (Å²) >= 11 is 0. The second-order valence-corrected chi connectivity index (χ2v) is 6.87. The molecule has 0 amide bonds. The molecule has 0 saturated carbocycles. The third kappa shape index (κ3) is 5.42. The van der Waals surface area contributed by atoms with Gasteiger partial charge in [-0.25, -0.2) is 9.38 Å². The molecule has 0 radical (unpaired) electrons. The summed E-state index contributed by atoms with van der Waals surface area (Å²) < 4.78 is 13.5. The van der Waals surface area contributed by atoms with E-state index in [-0.39, 0.29) is 11.9 Å². The highest BCUT2D eigenvalue weighted by Gasteiger charge is 2.21. The first-order chi connectivity index (χ1) is 13.2. The standard InChI is InChI=1S/C21H28FN5/c1-3-23-21(25-14-20-16(2)7-5-11-24-20)26-18-9-6-12-27(15-18)19-10-4-8-17(22)13-19/h4-5,7-8,10-11,13,18H,3,6,9,12,14-15H2,1-2H3,(H2,23,25,26). The number of nitrogens with zero attached hydrogens (tertiary/aromatic N) is 3. The number of guanidine groups is 1. The first-order valence-electron chi connectivity index (χ1n) is 9.61. The van der Waals surface area contributed by atoms with Gasteiger partial charge in [0.2, 0.25) is 0 Å². The number of pyridine rings is 1. The average Bonchev–Trinajstić information content (AvgIpc) is 2.68. The molecule has 1 aliphatic rings. The van der Waals surface area contributed by atoms with Crippen molar-refractivity contribution in [3.63, 3.8) is 0 Å². The molecule has 1 saturated heterocycles. The molecular weight excluding hydrogens is 341 g/mol. The Hall–Kier alpha value is -2.63. The van der Waals surface area contributed by atoms with Crippen LogP contribution in [0.5, 0.6) is 0 Å². The van der Waals surface area contributed by atoms with Gasteiger partial charge in [0, 0.05) is 37.6 Å². The number of aliphatic imine (C=N–C) groups is 1. The zero-order valence-corrected chi connectivity index (χ0v) is 16.1. The van der Waals surface area contributed by atoms with Crippen molar-refractivity contribution in [3.8, 4) is 0 Å². The summed E-state index contributed by atoms with van der Waals surface area (Å²) in [6, 6.07) is 11.1. The van der Waals surface area contributed by atoms with Gasteiger partial charge < -0.3 is 15.5 Å². The van der Waals surface area contributed by atoms with E-state index in [0.717, 1.165) is 55.4 Å². The van der Waals surface area contributed by atoms with Gasteiger partial charge in [-0.1, -0.05) is 12.1 Å². The van der Waals surface area contributed by atoms with E-state index in [1.165, 1.54) is 6.07 Å². The van der Waals surface area contributed by atoms with Crippen LogP contribution in [0.4, 0.5) is 10.1 Å². The van der Waals surface area contributed by atoms with Gasteiger partial charge in [-0.15, -0.1) is 0 Å². The molecule has 1 aliphatic heterocycles. The SMILES string of the molecule is CCNC(=NCc1ncccc1C)NC1CCCN(c2cccc(F)c2)C1. The molecule has 144 valence electrons. The molecule has 0 aliphatic carbocycles. The summed E-state index contributed by atoms with van der Waals surface area (Å²) in [6.45, 7) is 7.23.